The van der Waals surface area contributed by atoms with Crippen LogP contribution < -0.4 is 4.31 Å². The third-order valence-electron chi connectivity index (χ3n) is 4.02. The fourth-order valence-corrected chi connectivity index (χ4v) is 4.54. The van der Waals surface area contributed by atoms with Gasteiger partial charge in [0.15, 0.2) is 0 Å². The number of rotatable bonds is 5. The number of halogens is 2. The minimum atomic E-state index is -3.78. The Bertz CT molecular complexity index is 983. The Balaban J connectivity index is 2.12. The largest absolute Gasteiger partial charge is 0.264 e. The fourth-order valence-electron chi connectivity index (χ4n) is 2.57. The first kappa shape index (κ1) is 18.8. The molecule has 0 radical (unpaired) electrons. The van der Waals surface area contributed by atoms with Crippen molar-refractivity contribution < 1.29 is 8.42 Å². The average molecular weight is 406 g/mol. The minimum absolute atomic E-state index is 0.0405. The Kier molecular flexibility index (Phi) is 5.56. The van der Waals surface area contributed by atoms with Gasteiger partial charge in [-0.3, -0.25) is 4.31 Å². The monoisotopic (exact) mass is 405 g/mol. The molecule has 0 aromatic heterocycles. The van der Waals surface area contributed by atoms with Crippen molar-refractivity contribution >= 4 is 38.9 Å². The maximum Gasteiger partial charge on any atom is 0.264 e. The smallest absolute Gasteiger partial charge is 0.262 e. The lowest BCUT2D eigenvalue weighted by molar-refractivity contribution is 0.590. The Morgan fingerprint density at radius 1 is 0.808 bits per heavy atom. The normalized spacial score (nSPS) is 11.3. The van der Waals surface area contributed by atoms with Crippen molar-refractivity contribution in [3.05, 3.63) is 94.0 Å². The van der Waals surface area contributed by atoms with Crippen LogP contribution in [0.1, 0.15) is 11.1 Å². The van der Waals surface area contributed by atoms with Crippen molar-refractivity contribution in [2.75, 3.05) is 4.31 Å². The van der Waals surface area contributed by atoms with E-state index in [-0.39, 0.29) is 11.4 Å². The van der Waals surface area contributed by atoms with Gasteiger partial charge < -0.3 is 0 Å². The molecule has 0 atom stereocenters. The molecular weight excluding hydrogens is 389 g/mol. The van der Waals surface area contributed by atoms with Crippen molar-refractivity contribution in [1.29, 1.82) is 0 Å². The van der Waals surface area contributed by atoms with Gasteiger partial charge in [0.05, 0.1) is 17.1 Å². The van der Waals surface area contributed by atoms with Gasteiger partial charge in [-0.05, 0) is 43.3 Å². The molecular formula is C20H17Cl2NO2S. The van der Waals surface area contributed by atoms with Crippen LogP contribution in [-0.2, 0) is 16.6 Å². The molecule has 0 unspecified atom stereocenters. The van der Waals surface area contributed by atoms with Gasteiger partial charge in [0.25, 0.3) is 10.0 Å². The van der Waals surface area contributed by atoms with Crippen LogP contribution >= 0.6 is 23.2 Å². The summed E-state index contributed by atoms with van der Waals surface area (Å²) in [5.41, 5.74) is 2.16. The molecule has 0 heterocycles. The number of aryl methyl sites for hydroxylation is 1. The third-order valence-corrected chi connectivity index (χ3v) is 6.51. The van der Waals surface area contributed by atoms with E-state index in [1.54, 1.807) is 60.7 Å². The Hall–Kier alpha value is -2.01. The summed E-state index contributed by atoms with van der Waals surface area (Å²) in [6.45, 7) is 1.99. The van der Waals surface area contributed by atoms with Gasteiger partial charge in [0.1, 0.15) is 0 Å². The minimum Gasteiger partial charge on any atom is -0.262 e. The van der Waals surface area contributed by atoms with E-state index >= 15 is 0 Å². The first-order chi connectivity index (χ1) is 12.4. The summed E-state index contributed by atoms with van der Waals surface area (Å²) in [6.07, 6.45) is 0. The lowest BCUT2D eigenvalue weighted by Gasteiger charge is -2.25. The second-order valence-corrected chi connectivity index (χ2v) is 8.54. The molecule has 0 saturated heterocycles. The Labute approximate surface area is 163 Å². The molecule has 3 aromatic rings. The lowest BCUT2D eigenvalue weighted by Crippen LogP contribution is -2.30. The number of sulfonamides is 1. The van der Waals surface area contributed by atoms with Crippen LogP contribution in [0.5, 0.6) is 0 Å². The van der Waals surface area contributed by atoms with E-state index in [0.29, 0.717) is 21.3 Å². The fraction of sp³-hybridized carbons (Fsp3) is 0.100. The van der Waals surface area contributed by atoms with Gasteiger partial charge in [-0.2, -0.15) is 0 Å². The Morgan fingerprint density at radius 3 is 1.96 bits per heavy atom. The Morgan fingerprint density at radius 2 is 1.38 bits per heavy atom. The number of hydrogen-bond donors (Lipinski definition) is 0. The third kappa shape index (κ3) is 3.88. The number of benzene rings is 3. The highest BCUT2D eigenvalue weighted by molar-refractivity contribution is 7.92. The van der Waals surface area contributed by atoms with Crippen molar-refractivity contribution in [2.45, 2.75) is 18.4 Å². The van der Waals surface area contributed by atoms with Gasteiger partial charge in [-0.1, -0.05) is 65.2 Å². The molecule has 0 aliphatic heterocycles. The van der Waals surface area contributed by atoms with Crippen LogP contribution in [0.15, 0.2) is 77.7 Å². The number of nitrogens with zero attached hydrogens (tertiary/aromatic N) is 1. The highest BCUT2D eigenvalue weighted by Crippen LogP contribution is 2.31. The summed E-state index contributed by atoms with van der Waals surface area (Å²) in [4.78, 5) is 0.212. The van der Waals surface area contributed by atoms with E-state index in [1.165, 1.54) is 4.31 Å². The molecule has 0 saturated carbocycles. The van der Waals surface area contributed by atoms with Gasteiger partial charge in [0, 0.05) is 15.6 Å². The van der Waals surface area contributed by atoms with Crippen LogP contribution in [0.3, 0.4) is 0 Å². The molecule has 0 aliphatic carbocycles. The summed E-state index contributed by atoms with van der Waals surface area (Å²) in [5.74, 6) is 0. The van der Waals surface area contributed by atoms with Gasteiger partial charge in [0.2, 0.25) is 0 Å². The predicted molar refractivity (Wildman–Crippen MR) is 107 cm³/mol. The summed E-state index contributed by atoms with van der Waals surface area (Å²) in [5, 5.41) is 0.857. The molecule has 3 rings (SSSR count). The molecule has 0 N–H and O–H groups in total. The molecule has 26 heavy (non-hydrogen) atoms. The highest BCUT2D eigenvalue weighted by Gasteiger charge is 2.26. The second kappa shape index (κ2) is 7.70. The first-order valence-electron chi connectivity index (χ1n) is 7.97. The summed E-state index contributed by atoms with van der Waals surface area (Å²) in [6, 6.07) is 20.8. The second-order valence-electron chi connectivity index (χ2n) is 5.86. The number of anilines is 1. The van der Waals surface area contributed by atoms with Gasteiger partial charge in [-0.25, -0.2) is 8.42 Å². The zero-order valence-corrected chi connectivity index (χ0v) is 16.4. The predicted octanol–water partition coefficient (Wildman–Crippen LogP) is 5.70. The zero-order valence-electron chi connectivity index (χ0n) is 14.1. The zero-order chi connectivity index (χ0) is 18.7. The van der Waals surface area contributed by atoms with Crippen molar-refractivity contribution in [1.82, 2.24) is 0 Å². The summed E-state index contributed by atoms with van der Waals surface area (Å²) < 4.78 is 27.9. The lowest BCUT2D eigenvalue weighted by atomic mass is 10.2. The van der Waals surface area contributed by atoms with Crippen molar-refractivity contribution in [2.24, 2.45) is 0 Å². The van der Waals surface area contributed by atoms with Crippen LogP contribution in [-0.4, -0.2) is 8.42 Å². The van der Waals surface area contributed by atoms with E-state index in [0.717, 1.165) is 5.56 Å². The molecule has 3 nitrogen and oxygen atoms in total. The van der Waals surface area contributed by atoms with E-state index in [4.69, 9.17) is 23.2 Å². The average Bonchev–Trinajstić information content (AvgIpc) is 2.63. The van der Waals surface area contributed by atoms with E-state index < -0.39 is 10.0 Å². The summed E-state index contributed by atoms with van der Waals surface area (Å²) in [7, 11) is -3.78. The van der Waals surface area contributed by atoms with Crippen LogP contribution in [0.2, 0.25) is 10.0 Å². The molecule has 3 aromatic carbocycles. The highest BCUT2D eigenvalue weighted by atomic mass is 35.5. The molecule has 0 fully saturated rings. The van der Waals surface area contributed by atoms with Gasteiger partial charge in [-0.15, -0.1) is 0 Å². The maximum atomic E-state index is 13.3. The molecule has 134 valence electrons. The van der Waals surface area contributed by atoms with Gasteiger partial charge >= 0.3 is 0 Å². The van der Waals surface area contributed by atoms with Crippen molar-refractivity contribution in [3.8, 4) is 0 Å². The maximum absolute atomic E-state index is 13.3. The summed E-state index contributed by atoms with van der Waals surface area (Å²) >= 11 is 12.6. The standard InChI is InChI=1S/C20H17Cl2NO2S/c1-15-10-12-16(13-11-15)23(14-18-19(21)8-5-9-20(18)22)26(24,25)17-6-3-2-4-7-17/h2-13H,14H2,1H3. The van der Waals surface area contributed by atoms with E-state index in [2.05, 4.69) is 0 Å². The van der Waals surface area contributed by atoms with Crippen LogP contribution in [0, 0.1) is 6.92 Å². The molecule has 0 bridgehead atoms. The molecule has 0 aliphatic rings. The van der Waals surface area contributed by atoms with Crippen LogP contribution in [0.25, 0.3) is 0 Å². The first-order valence-corrected chi connectivity index (χ1v) is 10.2. The molecule has 0 amide bonds. The van der Waals surface area contributed by atoms with Crippen LogP contribution in [0.4, 0.5) is 5.69 Å². The van der Waals surface area contributed by atoms with E-state index in [1.807, 2.05) is 19.1 Å². The quantitative estimate of drug-likeness (QED) is 0.545. The number of hydrogen-bond acceptors (Lipinski definition) is 2. The van der Waals surface area contributed by atoms with Crippen molar-refractivity contribution in [3.63, 3.8) is 0 Å². The van der Waals surface area contributed by atoms with E-state index in [9.17, 15) is 8.42 Å². The molecule has 6 heteroatoms. The molecule has 0 spiro atoms. The topological polar surface area (TPSA) is 37.4 Å². The SMILES string of the molecule is Cc1ccc(N(Cc2c(Cl)cccc2Cl)S(=O)(=O)c2ccccc2)cc1.